The first-order chi connectivity index (χ1) is 12.1. The Morgan fingerprint density at radius 3 is 2.64 bits per heavy atom. The highest BCUT2D eigenvalue weighted by atomic mass is 35.5. The quantitative estimate of drug-likeness (QED) is 0.702. The first kappa shape index (κ1) is 17.0. The average Bonchev–Trinajstić information content (AvgIpc) is 3.15. The molecule has 25 heavy (non-hydrogen) atoms. The van der Waals surface area contributed by atoms with E-state index in [0.29, 0.717) is 23.5 Å². The summed E-state index contributed by atoms with van der Waals surface area (Å²) in [6, 6.07) is 2.86. The summed E-state index contributed by atoms with van der Waals surface area (Å²) in [5.41, 5.74) is 1.76. The number of hydrogen-bond donors (Lipinski definition) is 1. The summed E-state index contributed by atoms with van der Waals surface area (Å²) in [7, 11) is 0. The summed E-state index contributed by atoms with van der Waals surface area (Å²) in [6.45, 7) is 3.77. The highest BCUT2D eigenvalue weighted by molar-refractivity contribution is 6.29. The second-order valence-electron chi connectivity index (χ2n) is 5.30. The van der Waals surface area contributed by atoms with Crippen LogP contribution >= 0.6 is 11.6 Å². The van der Waals surface area contributed by atoms with Crippen LogP contribution in [0.4, 0.5) is 0 Å². The Morgan fingerprint density at radius 1 is 1.20 bits per heavy atom. The van der Waals surface area contributed by atoms with Gasteiger partial charge in [-0.15, -0.1) is 4.80 Å². The molecular weight excluding hydrogens is 342 g/mol. The predicted molar refractivity (Wildman–Crippen MR) is 91.5 cm³/mol. The third-order valence-electron chi connectivity index (χ3n) is 3.54. The number of halogens is 1. The Kier molecular flexibility index (Phi) is 4.99. The van der Waals surface area contributed by atoms with Crippen LogP contribution in [0.1, 0.15) is 41.6 Å². The molecule has 1 atom stereocenters. The van der Waals surface area contributed by atoms with E-state index < -0.39 is 6.04 Å². The van der Waals surface area contributed by atoms with Crippen molar-refractivity contribution in [2.24, 2.45) is 0 Å². The van der Waals surface area contributed by atoms with Crippen LogP contribution < -0.4 is 5.32 Å². The van der Waals surface area contributed by atoms with Gasteiger partial charge in [-0.05, 0) is 25.5 Å². The Morgan fingerprint density at radius 2 is 1.92 bits per heavy atom. The maximum Gasteiger partial charge on any atom is 0.251 e. The molecule has 0 saturated carbocycles. The van der Waals surface area contributed by atoms with Crippen LogP contribution in [0.5, 0.6) is 0 Å². The number of carbonyl (C=O) groups is 1. The van der Waals surface area contributed by atoms with Crippen LogP contribution in [0.25, 0.3) is 5.82 Å². The zero-order valence-electron chi connectivity index (χ0n) is 13.7. The molecule has 128 valence electrons. The molecule has 0 fully saturated rings. The van der Waals surface area contributed by atoms with Gasteiger partial charge in [0.1, 0.15) is 10.8 Å². The molecule has 1 N–H and O–H groups in total. The van der Waals surface area contributed by atoms with Crippen molar-refractivity contribution >= 4 is 17.5 Å². The maximum absolute atomic E-state index is 12.6. The largest absolute Gasteiger partial charge is 0.344 e. The molecule has 0 bridgehead atoms. The van der Waals surface area contributed by atoms with Gasteiger partial charge in [-0.2, -0.15) is 10.2 Å². The fourth-order valence-electron chi connectivity index (χ4n) is 2.34. The number of nitrogens with one attached hydrogen (secondary N) is 1. The molecule has 0 aliphatic rings. The van der Waals surface area contributed by atoms with Crippen molar-refractivity contribution in [2.75, 3.05) is 0 Å². The Labute approximate surface area is 149 Å². The zero-order valence-corrected chi connectivity index (χ0v) is 14.5. The highest BCUT2D eigenvalue weighted by Crippen LogP contribution is 2.17. The van der Waals surface area contributed by atoms with Crippen LogP contribution in [0, 0.1) is 0 Å². The molecule has 3 aromatic heterocycles. The van der Waals surface area contributed by atoms with E-state index in [9.17, 15) is 4.79 Å². The van der Waals surface area contributed by atoms with Gasteiger partial charge in [0, 0.05) is 23.7 Å². The Balaban J connectivity index is 1.85. The normalized spacial score (nSPS) is 12.0. The summed E-state index contributed by atoms with van der Waals surface area (Å²) in [4.78, 5) is 26.7. The van der Waals surface area contributed by atoms with Crippen molar-refractivity contribution in [3.05, 3.63) is 59.0 Å². The van der Waals surface area contributed by atoms with Crippen LogP contribution in [-0.2, 0) is 6.42 Å². The molecule has 0 radical (unpaired) electrons. The summed E-state index contributed by atoms with van der Waals surface area (Å²) in [5.74, 6) is 0.193. The second-order valence-corrected chi connectivity index (χ2v) is 5.69. The lowest BCUT2D eigenvalue weighted by Gasteiger charge is -2.16. The Hall–Kier alpha value is -2.87. The SMILES string of the molecule is CCc1cc(C(=O)NC(C)c2nccnc2-n2nccn2)cc(Cl)n1. The Bertz CT molecular complexity index is 882. The highest BCUT2D eigenvalue weighted by Gasteiger charge is 2.19. The van der Waals surface area contributed by atoms with Crippen molar-refractivity contribution in [2.45, 2.75) is 26.3 Å². The maximum atomic E-state index is 12.6. The van der Waals surface area contributed by atoms with Gasteiger partial charge in [0.25, 0.3) is 5.91 Å². The van der Waals surface area contributed by atoms with Gasteiger partial charge in [-0.3, -0.25) is 9.78 Å². The minimum absolute atomic E-state index is 0.267. The number of rotatable bonds is 5. The summed E-state index contributed by atoms with van der Waals surface area (Å²) >= 11 is 5.99. The number of carbonyl (C=O) groups excluding carboxylic acids is 1. The van der Waals surface area contributed by atoms with E-state index in [1.807, 2.05) is 13.8 Å². The van der Waals surface area contributed by atoms with Gasteiger partial charge < -0.3 is 5.32 Å². The van der Waals surface area contributed by atoms with E-state index in [1.165, 1.54) is 10.9 Å². The van der Waals surface area contributed by atoms with Gasteiger partial charge in [-0.1, -0.05) is 18.5 Å². The summed E-state index contributed by atoms with van der Waals surface area (Å²) < 4.78 is 0. The summed E-state index contributed by atoms with van der Waals surface area (Å²) in [5, 5.41) is 11.3. The number of aromatic nitrogens is 6. The van der Waals surface area contributed by atoms with Gasteiger partial charge >= 0.3 is 0 Å². The van der Waals surface area contributed by atoms with Crippen molar-refractivity contribution in [1.82, 2.24) is 35.3 Å². The number of nitrogens with zero attached hydrogens (tertiary/aromatic N) is 6. The molecule has 3 rings (SSSR count). The van der Waals surface area contributed by atoms with E-state index >= 15 is 0 Å². The lowest BCUT2D eigenvalue weighted by atomic mass is 10.1. The summed E-state index contributed by atoms with van der Waals surface area (Å²) in [6.07, 6.45) is 6.89. The van der Waals surface area contributed by atoms with Crippen LogP contribution in [0.2, 0.25) is 5.15 Å². The molecular formula is C16H16ClN7O. The number of hydrogen-bond acceptors (Lipinski definition) is 6. The van der Waals surface area contributed by atoms with Crippen molar-refractivity contribution < 1.29 is 4.79 Å². The molecule has 0 aliphatic carbocycles. The monoisotopic (exact) mass is 357 g/mol. The van der Waals surface area contributed by atoms with E-state index in [4.69, 9.17) is 11.6 Å². The third kappa shape index (κ3) is 3.80. The lowest BCUT2D eigenvalue weighted by molar-refractivity contribution is 0.0939. The van der Waals surface area contributed by atoms with E-state index in [2.05, 4.69) is 30.5 Å². The van der Waals surface area contributed by atoms with Crippen LogP contribution in [0.3, 0.4) is 0 Å². The number of pyridine rings is 1. The topological polar surface area (TPSA) is 98.5 Å². The predicted octanol–water partition coefficient (Wildman–Crippen LogP) is 2.16. The fourth-order valence-corrected chi connectivity index (χ4v) is 2.56. The molecule has 9 heteroatoms. The van der Waals surface area contributed by atoms with E-state index in [1.54, 1.807) is 30.9 Å². The van der Waals surface area contributed by atoms with Crippen molar-refractivity contribution in [3.63, 3.8) is 0 Å². The van der Waals surface area contributed by atoms with Gasteiger partial charge in [0.15, 0.2) is 5.82 Å². The molecule has 1 unspecified atom stereocenters. The lowest BCUT2D eigenvalue weighted by Crippen LogP contribution is -2.28. The molecule has 0 spiro atoms. The van der Waals surface area contributed by atoms with Gasteiger partial charge in [-0.25, -0.2) is 9.97 Å². The van der Waals surface area contributed by atoms with Crippen LogP contribution in [-0.4, -0.2) is 35.9 Å². The molecule has 3 aromatic rings. The van der Waals surface area contributed by atoms with Gasteiger partial charge in [0.05, 0.1) is 18.4 Å². The van der Waals surface area contributed by atoms with E-state index in [-0.39, 0.29) is 11.1 Å². The number of aryl methyl sites for hydroxylation is 1. The standard InChI is InChI=1S/C16H16ClN7O/c1-3-12-8-11(9-13(17)23-12)16(25)22-10(2)14-15(19-5-4-18-14)24-20-6-7-21-24/h4-10H,3H2,1-2H3,(H,22,25). The van der Waals surface area contributed by atoms with Crippen molar-refractivity contribution in [3.8, 4) is 5.82 Å². The van der Waals surface area contributed by atoms with Crippen LogP contribution in [0.15, 0.2) is 36.9 Å². The first-order valence-electron chi connectivity index (χ1n) is 7.73. The van der Waals surface area contributed by atoms with E-state index in [0.717, 1.165) is 5.69 Å². The average molecular weight is 358 g/mol. The molecule has 0 aliphatic heterocycles. The zero-order chi connectivity index (χ0) is 17.8. The minimum Gasteiger partial charge on any atom is -0.344 e. The molecule has 3 heterocycles. The first-order valence-corrected chi connectivity index (χ1v) is 8.11. The third-order valence-corrected chi connectivity index (χ3v) is 3.74. The fraction of sp³-hybridized carbons (Fsp3) is 0.250. The molecule has 0 saturated heterocycles. The van der Waals surface area contributed by atoms with Crippen molar-refractivity contribution in [1.29, 1.82) is 0 Å². The molecule has 0 aromatic carbocycles. The number of amides is 1. The van der Waals surface area contributed by atoms with Gasteiger partial charge in [0.2, 0.25) is 0 Å². The second kappa shape index (κ2) is 7.35. The molecule has 8 nitrogen and oxygen atoms in total. The smallest absolute Gasteiger partial charge is 0.251 e. The molecule has 1 amide bonds. The minimum atomic E-state index is -0.404.